The first kappa shape index (κ1) is 17.1. The van der Waals surface area contributed by atoms with Crippen LogP contribution in [-0.4, -0.2) is 37.1 Å². The number of benzene rings is 1. The summed E-state index contributed by atoms with van der Waals surface area (Å²) in [5.74, 6) is -2.69. The van der Waals surface area contributed by atoms with Gasteiger partial charge in [0.1, 0.15) is 0 Å². The lowest BCUT2D eigenvalue weighted by atomic mass is 9.87. The zero-order valence-corrected chi connectivity index (χ0v) is 12.5. The summed E-state index contributed by atoms with van der Waals surface area (Å²) < 4.78 is 26.2. The minimum Gasteiger partial charge on any atom is -0.481 e. The summed E-state index contributed by atoms with van der Waals surface area (Å²) in [5.41, 5.74) is -0.834. The van der Waals surface area contributed by atoms with Crippen LogP contribution in [0.5, 0.6) is 0 Å². The van der Waals surface area contributed by atoms with Gasteiger partial charge >= 0.3 is 11.9 Å². The van der Waals surface area contributed by atoms with Gasteiger partial charge in [-0.05, 0) is 26.0 Å². The van der Waals surface area contributed by atoms with Crippen molar-refractivity contribution in [3.63, 3.8) is 0 Å². The first-order valence-electron chi connectivity index (χ1n) is 6.08. The Balaban J connectivity index is 2.91. The second-order valence-corrected chi connectivity index (χ2v) is 6.84. The number of rotatable bonds is 7. The Hall–Kier alpha value is -1.93. The predicted octanol–water partition coefficient (Wildman–Crippen LogP) is 0.839. The van der Waals surface area contributed by atoms with Gasteiger partial charge in [-0.15, -0.1) is 0 Å². The molecule has 1 aromatic rings. The van der Waals surface area contributed by atoms with E-state index < -0.39 is 40.3 Å². The molecule has 0 aliphatic heterocycles. The maximum Gasteiger partial charge on any atom is 0.311 e. The number of carboxylic acid groups (broad SMARTS) is 2. The molecular weight excluding hydrogens is 298 g/mol. The fourth-order valence-electron chi connectivity index (χ4n) is 1.60. The van der Waals surface area contributed by atoms with Crippen molar-refractivity contribution in [2.24, 2.45) is 5.41 Å². The third-order valence-electron chi connectivity index (χ3n) is 3.04. The third-order valence-corrected chi connectivity index (χ3v) is 4.46. The van der Waals surface area contributed by atoms with Gasteiger partial charge in [-0.2, -0.15) is 0 Å². The molecule has 0 aliphatic carbocycles. The van der Waals surface area contributed by atoms with Crippen molar-refractivity contribution >= 4 is 22.0 Å². The van der Waals surface area contributed by atoms with E-state index in [1.165, 1.54) is 19.1 Å². The molecule has 0 heterocycles. The van der Waals surface area contributed by atoms with Crippen LogP contribution in [0, 0.1) is 12.3 Å². The van der Waals surface area contributed by atoms with E-state index in [9.17, 15) is 18.0 Å². The van der Waals surface area contributed by atoms with Crippen molar-refractivity contribution in [1.29, 1.82) is 0 Å². The molecule has 116 valence electrons. The Morgan fingerprint density at radius 1 is 1.19 bits per heavy atom. The van der Waals surface area contributed by atoms with Crippen LogP contribution in [0.3, 0.4) is 0 Å². The highest BCUT2D eigenvalue weighted by atomic mass is 32.2. The monoisotopic (exact) mass is 315 g/mol. The van der Waals surface area contributed by atoms with Gasteiger partial charge < -0.3 is 10.2 Å². The molecular formula is C13H17NO6S. The molecule has 0 amide bonds. The molecule has 21 heavy (non-hydrogen) atoms. The topological polar surface area (TPSA) is 121 Å². The van der Waals surface area contributed by atoms with E-state index in [1.807, 2.05) is 0 Å². The zero-order chi connectivity index (χ0) is 16.3. The lowest BCUT2D eigenvalue weighted by Crippen LogP contribution is -2.42. The average molecular weight is 315 g/mol. The zero-order valence-electron chi connectivity index (χ0n) is 11.7. The summed E-state index contributed by atoms with van der Waals surface area (Å²) in [7, 11) is -3.89. The second-order valence-electron chi connectivity index (χ2n) is 5.07. The number of aliphatic carboxylic acids is 2. The van der Waals surface area contributed by atoms with Gasteiger partial charge in [0.25, 0.3) is 0 Å². The Morgan fingerprint density at radius 3 is 2.14 bits per heavy atom. The Bertz CT molecular complexity index is 637. The van der Waals surface area contributed by atoms with E-state index in [1.54, 1.807) is 19.1 Å². The SMILES string of the molecule is Cc1ccc(S(=O)(=O)NCC(C)(CC(=O)O)C(=O)O)cc1. The van der Waals surface area contributed by atoms with Crippen LogP contribution in [-0.2, 0) is 19.6 Å². The number of hydrogen-bond donors (Lipinski definition) is 3. The van der Waals surface area contributed by atoms with E-state index in [0.717, 1.165) is 5.56 Å². The molecule has 3 N–H and O–H groups in total. The summed E-state index contributed by atoms with van der Waals surface area (Å²) >= 11 is 0. The van der Waals surface area contributed by atoms with Crippen LogP contribution in [0.2, 0.25) is 0 Å². The molecule has 8 heteroatoms. The lowest BCUT2D eigenvalue weighted by Gasteiger charge is -2.23. The number of aryl methyl sites for hydroxylation is 1. The van der Waals surface area contributed by atoms with Crippen LogP contribution in [0.15, 0.2) is 29.2 Å². The van der Waals surface area contributed by atoms with E-state index in [0.29, 0.717) is 0 Å². The van der Waals surface area contributed by atoms with E-state index in [2.05, 4.69) is 4.72 Å². The van der Waals surface area contributed by atoms with Crippen molar-refractivity contribution in [2.75, 3.05) is 6.54 Å². The highest BCUT2D eigenvalue weighted by Crippen LogP contribution is 2.22. The number of carbonyl (C=O) groups is 2. The largest absolute Gasteiger partial charge is 0.481 e. The molecule has 0 bridgehead atoms. The minimum absolute atomic E-state index is 0.00355. The van der Waals surface area contributed by atoms with Crippen LogP contribution < -0.4 is 4.72 Å². The molecule has 0 aromatic heterocycles. The molecule has 1 unspecified atom stereocenters. The van der Waals surface area contributed by atoms with E-state index in [-0.39, 0.29) is 4.90 Å². The lowest BCUT2D eigenvalue weighted by molar-refractivity contribution is -0.154. The fraction of sp³-hybridized carbons (Fsp3) is 0.385. The molecule has 0 saturated heterocycles. The van der Waals surface area contributed by atoms with Crippen molar-refractivity contribution < 1.29 is 28.2 Å². The van der Waals surface area contributed by atoms with Crippen LogP contribution in [0.1, 0.15) is 18.9 Å². The number of carboxylic acids is 2. The van der Waals surface area contributed by atoms with E-state index >= 15 is 0 Å². The Labute approximate surface area is 122 Å². The van der Waals surface area contributed by atoms with Crippen LogP contribution in [0.4, 0.5) is 0 Å². The average Bonchev–Trinajstić information content (AvgIpc) is 2.36. The molecule has 7 nitrogen and oxygen atoms in total. The molecule has 0 radical (unpaired) electrons. The summed E-state index contributed by atoms with van der Waals surface area (Å²) in [6, 6.07) is 6.02. The van der Waals surface area contributed by atoms with Crippen molar-refractivity contribution in [3.8, 4) is 0 Å². The summed E-state index contributed by atoms with van der Waals surface area (Å²) in [5, 5.41) is 17.8. The molecule has 1 rings (SSSR count). The molecule has 1 aromatic carbocycles. The first-order valence-corrected chi connectivity index (χ1v) is 7.57. The predicted molar refractivity (Wildman–Crippen MR) is 74.4 cm³/mol. The number of sulfonamides is 1. The highest BCUT2D eigenvalue weighted by molar-refractivity contribution is 7.89. The summed E-state index contributed by atoms with van der Waals surface area (Å²) in [6.45, 7) is 2.48. The van der Waals surface area contributed by atoms with Gasteiger partial charge in [0.15, 0.2) is 0 Å². The minimum atomic E-state index is -3.89. The molecule has 0 aliphatic rings. The quantitative estimate of drug-likeness (QED) is 0.685. The molecule has 0 fully saturated rings. The van der Waals surface area contributed by atoms with E-state index in [4.69, 9.17) is 10.2 Å². The normalized spacial score (nSPS) is 14.4. The van der Waals surface area contributed by atoms with Crippen molar-refractivity contribution in [2.45, 2.75) is 25.2 Å². The number of nitrogens with one attached hydrogen (secondary N) is 1. The molecule has 1 atom stereocenters. The van der Waals surface area contributed by atoms with Gasteiger partial charge in [-0.25, -0.2) is 13.1 Å². The van der Waals surface area contributed by atoms with Gasteiger partial charge in [0.05, 0.1) is 16.7 Å². The molecule has 0 spiro atoms. The smallest absolute Gasteiger partial charge is 0.311 e. The fourth-order valence-corrected chi connectivity index (χ4v) is 2.77. The second kappa shape index (κ2) is 6.23. The maximum atomic E-state index is 12.0. The Morgan fingerprint density at radius 2 is 1.71 bits per heavy atom. The van der Waals surface area contributed by atoms with Gasteiger partial charge in [-0.1, -0.05) is 17.7 Å². The summed E-state index contributed by atoms with van der Waals surface area (Å²) in [4.78, 5) is 21.9. The first-order chi connectivity index (χ1) is 9.57. The van der Waals surface area contributed by atoms with Gasteiger partial charge in [0.2, 0.25) is 10.0 Å². The third kappa shape index (κ3) is 4.54. The standard InChI is InChI=1S/C13H17NO6S/c1-9-3-5-10(6-4-9)21(19,20)14-8-13(2,12(17)18)7-11(15)16/h3-6,14H,7-8H2,1-2H3,(H,15,16)(H,17,18). The summed E-state index contributed by atoms with van der Waals surface area (Å²) in [6.07, 6.45) is -0.682. The van der Waals surface area contributed by atoms with Gasteiger partial charge in [-0.3, -0.25) is 9.59 Å². The van der Waals surface area contributed by atoms with Gasteiger partial charge in [0, 0.05) is 6.54 Å². The molecule has 0 saturated carbocycles. The highest BCUT2D eigenvalue weighted by Gasteiger charge is 2.37. The van der Waals surface area contributed by atoms with Crippen molar-refractivity contribution in [3.05, 3.63) is 29.8 Å². The number of hydrogen-bond acceptors (Lipinski definition) is 4. The maximum absolute atomic E-state index is 12.0. The van der Waals surface area contributed by atoms with Crippen LogP contribution in [0.25, 0.3) is 0 Å². The van der Waals surface area contributed by atoms with Crippen LogP contribution >= 0.6 is 0 Å². The van der Waals surface area contributed by atoms with Crippen molar-refractivity contribution in [1.82, 2.24) is 4.72 Å². The Kier molecular flexibility index (Phi) is 5.08.